The van der Waals surface area contributed by atoms with Gasteiger partial charge in [-0.2, -0.15) is 10.6 Å². The average Bonchev–Trinajstić information content (AvgIpc) is 2.19. The van der Waals surface area contributed by atoms with Gasteiger partial charge < -0.3 is 5.73 Å². The highest BCUT2D eigenvalue weighted by atomic mass is 79.9. The van der Waals surface area contributed by atoms with Crippen LogP contribution in [-0.4, -0.2) is 12.1 Å². The predicted octanol–water partition coefficient (Wildman–Crippen LogP) is 1.66. The van der Waals surface area contributed by atoms with Crippen LogP contribution in [0.15, 0.2) is 38.9 Å². The summed E-state index contributed by atoms with van der Waals surface area (Å²) in [4.78, 5) is 0. The third kappa shape index (κ3) is 3.18. The van der Waals surface area contributed by atoms with Crippen molar-refractivity contribution in [2.45, 2.75) is 6.92 Å². The molecule has 0 saturated carbocycles. The van der Waals surface area contributed by atoms with Gasteiger partial charge in [0.25, 0.3) is 0 Å². The molecule has 1 aromatic rings. The van der Waals surface area contributed by atoms with Crippen LogP contribution in [0.1, 0.15) is 12.5 Å². The largest absolute Gasteiger partial charge is 0.388 e. The standard InChI is InChI=1S/C9H11BrN4/c1-7(13-14-12-6-11)8-2-4-9(10)5-3-8/h2-6,14H,1H3,(H2,11,12)/b13-7+. The number of halogens is 1. The monoisotopic (exact) mass is 254 g/mol. The van der Waals surface area contributed by atoms with Crippen LogP contribution in [0.4, 0.5) is 0 Å². The van der Waals surface area contributed by atoms with Crippen LogP contribution in [0.5, 0.6) is 0 Å². The molecule has 0 spiro atoms. The number of hydrogen-bond acceptors (Lipinski definition) is 3. The number of hydrogen-bond donors (Lipinski definition) is 2. The summed E-state index contributed by atoms with van der Waals surface area (Å²) < 4.78 is 1.04. The molecule has 0 saturated heterocycles. The lowest BCUT2D eigenvalue weighted by molar-refractivity contribution is 0.810. The Hall–Kier alpha value is -1.36. The van der Waals surface area contributed by atoms with Crippen molar-refractivity contribution in [1.29, 1.82) is 0 Å². The van der Waals surface area contributed by atoms with E-state index in [1.165, 1.54) is 0 Å². The fourth-order valence-corrected chi connectivity index (χ4v) is 1.16. The van der Waals surface area contributed by atoms with E-state index in [4.69, 9.17) is 5.73 Å². The molecule has 4 nitrogen and oxygen atoms in total. The topological polar surface area (TPSA) is 62.8 Å². The molecule has 0 bridgehead atoms. The van der Waals surface area contributed by atoms with Gasteiger partial charge in [-0.05, 0) is 24.6 Å². The van der Waals surface area contributed by atoms with E-state index in [0.717, 1.165) is 22.1 Å². The summed E-state index contributed by atoms with van der Waals surface area (Å²) in [7, 11) is 0. The zero-order chi connectivity index (χ0) is 10.4. The number of nitrogens with zero attached hydrogens (tertiary/aromatic N) is 2. The molecular formula is C9H11BrN4. The van der Waals surface area contributed by atoms with E-state index in [1.807, 2.05) is 31.2 Å². The molecule has 0 aliphatic rings. The van der Waals surface area contributed by atoms with Crippen molar-refractivity contribution in [2.24, 2.45) is 15.9 Å². The van der Waals surface area contributed by atoms with Gasteiger partial charge in [-0.1, -0.05) is 28.1 Å². The number of nitrogens with one attached hydrogen (secondary N) is 1. The average molecular weight is 255 g/mol. The third-order valence-electron chi connectivity index (χ3n) is 1.61. The summed E-state index contributed by atoms with van der Waals surface area (Å²) >= 11 is 3.36. The summed E-state index contributed by atoms with van der Waals surface area (Å²) in [6.45, 7) is 1.89. The maximum atomic E-state index is 5.04. The molecule has 1 rings (SSSR count). The fourth-order valence-electron chi connectivity index (χ4n) is 0.893. The molecule has 0 atom stereocenters. The maximum absolute atomic E-state index is 5.04. The normalized spacial score (nSPS) is 12.0. The zero-order valence-corrected chi connectivity index (χ0v) is 9.32. The summed E-state index contributed by atoms with van der Waals surface area (Å²) in [5.41, 5.74) is 9.40. The molecule has 0 aliphatic carbocycles. The lowest BCUT2D eigenvalue weighted by Crippen LogP contribution is -2.04. The molecule has 0 aromatic heterocycles. The van der Waals surface area contributed by atoms with E-state index in [-0.39, 0.29) is 0 Å². The minimum Gasteiger partial charge on any atom is -0.388 e. The van der Waals surface area contributed by atoms with E-state index < -0.39 is 0 Å². The summed E-state index contributed by atoms with van der Waals surface area (Å²) in [6.07, 6.45) is 1.15. The van der Waals surface area contributed by atoms with E-state index in [0.29, 0.717) is 0 Å². The van der Waals surface area contributed by atoms with Gasteiger partial charge in [-0.15, -0.1) is 5.10 Å². The molecule has 3 N–H and O–H groups in total. The number of rotatable bonds is 3. The first-order valence-electron chi connectivity index (χ1n) is 4.02. The zero-order valence-electron chi connectivity index (χ0n) is 7.74. The molecule has 5 heteroatoms. The van der Waals surface area contributed by atoms with Crippen LogP contribution in [0.2, 0.25) is 0 Å². The van der Waals surface area contributed by atoms with Crippen molar-refractivity contribution in [3.63, 3.8) is 0 Å². The Kier molecular flexibility index (Phi) is 4.12. The van der Waals surface area contributed by atoms with Gasteiger partial charge in [-0.3, -0.25) is 0 Å². The van der Waals surface area contributed by atoms with Crippen LogP contribution in [0.3, 0.4) is 0 Å². The molecule has 0 fully saturated rings. The first-order valence-corrected chi connectivity index (χ1v) is 4.82. The number of nitrogens with two attached hydrogens (primary N) is 1. The first-order chi connectivity index (χ1) is 6.74. The summed E-state index contributed by atoms with van der Waals surface area (Å²) in [6, 6.07) is 7.86. The molecule has 0 amide bonds. The second-order valence-corrected chi connectivity index (χ2v) is 3.50. The molecular weight excluding hydrogens is 244 g/mol. The van der Waals surface area contributed by atoms with Gasteiger partial charge >= 0.3 is 0 Å². The Bertz CT molecular complexity index is 342. The summed E-state index contributed by atoms with van der Waals surface area (Å²) in [5, 5.41) is 7.55. The molecule has 0 heterocycles. The second-order valence-electron chi connectivity index (χ2n) is 2.58. The highest BCUT2D eigenvalue weighted by molar-refractivity contribution is 9.10. The Balaban J connectivity index is 2.73. The Morgan fingerprint density at radius 3 is 2.64 bits per heavy atom. The van der Waals surface area contributed by atoms with Gasteiger partial charge in [0.2, 0.25) is 0 Å². The Labute approximate surface area is 91.0 Å². The van der Waals surface area contributed by atoms with E-state index >= 15 is 0 Å². The molecule has 0 aliphatic heterocycles. The van der Waals surface area contributed by atoms with Crippen LogP contribution in [0, 0.1) is 0 Å². The van der Waals surface area contributed by atoms with Crippen molar-refractivity contribution in [2.75, 3.05) is 0 Å². The van der Waals surface area contributed by atoms with Crippen molar-refractivity contribution in [3.05, 3.63) is 34.3 Å². The summed E-state index contributed by atoms with van der Waals surface area (Å²) in [5.74, 6) is 0. The molecule has 14 heavy (non-hydrogen) atoms. The lowest BCUT2D eigenvalue weighted by atomic mass is 10.1. The Morgan fingerprint density at radius 2 is 2.07 bits per heavy atom. The second kappa shape index (κ2) is 5.39. The molecule has 0 unspecified atom stereocenters. The van der Waals surface area contributed by atoms with Crippen molar-refractivity contribution in [3.8, 4) is 0 Å². The molecule has 74 valence electrons. The molecule has 0 radical (unpaired) electrons. The minimum absolute atomic E-state index is 0.850. The lowest BCUT2D eigenvalue weighted by Gasteiger charge is -1.99. The minimum atomic E-state index is 0.850. The van der Waals surface area contributed by atoms with Crippen molar-refractivity contribution < 1.29 is 0 Å². The van der Waals surface area contributed by atoms with Crippen molar-refractivity contribution >= 4 is 28.0 Å². The maximum Gasteiger partial charge on any atom is 0.108 e. The number of benzene rings is 1. The number of hydrazone groups is 2. The highest BCUT2D eigenvalue weighted by Crippen LogP contribution is 2.10. The van der Waals surface area contributed by atoms with Gasteiger partial charge in [-0.25, -0.2) is 0 Å². The predicted molar refractivity (Wildman–Crippen MR) is 62.2 cm³/mol. The van der Waals surface area contributed by atoms with Gasteiger partial charge in [0, 0.05) is 4.47 Å². The molecule has 1 aromatic carbocycles. The van der Waals surface area contributed by atoms with E-state index in [1.54, 1.807) is 0 Å². The van der Waals surface area contributed by atoms with E-state index in [2.05, 4.69) is 31.7 Å². The highest BCUT2D eigenvalue weighted by Gasteiger charge is 1.95. The van der Waals surface area contributed by atoms with Crippen molar-refractivity contribution in [1.82, 2.24) is 5.53 Å². The van der Waals surface area contributed by atoms with E-state index in [9.17, 15) is 0 Å². The quantitative estimate of drug-likeness (QED) is 0.490. The Morgan fingerprint density at radius 1 is 1.43 bits per heavy atom. The SMILES string of the molecule is C/C(=N\N/N=C\N)c1ccc(Br)cc1. The third-order valence-corrected chi connectivity index (χ3v) is 2.14. The van der Waals surface area contributed by atoms with Gasteiger partial charge in [0.05, 0.1) is 5.71 Å². The van der Waals surface area contributed by atoms with Gasteiger partial charge in [0.1, 0.15) is 6.34 Å². The van der Waals surface area contributed by atoms with Gasteiger partial charge in [0.15, 0.2) is 0 Å². The smallest absolute Gasteiger partial charge is 0.108 e. The fraction of sp³-hybridized carbons (Fsp3) is 0.111. The van der Waals surface area contributed by atoms with Crippen LogP contribution in [0.25, 0.3) is 0 Å². The van der Waals surface area contributed by atoms with Crippen LogP contribution in [-0.2, 0) is 0 Å². The first kappa shape index (κ1) is 10.7. The van der Waals surface area contributed by atoms with Crippen LogP contribution < -0.4 is 11.3 Å². The van der Waals surface area contributed by atoms with Crippen LogP contribution >= 0.6 is 15.9 Å².